The summed E-state index contributed by atoms with van der Waals surface area (Å²) in [6.07, 6.45) is 7.25. The first-order valence-corrected chi connectivity index (χ1v) is 15.4. The smallest absolute Gasteiger partial charge is 0.291 e. The number of fused-ring (bicyclic) bond motifs is 1. The standard InChI is InChI=1S/C34H33N5O3S/c1-4-5-9-20-41-28-16-14-25(15-17-28)32-35-34-39(37-32)33(40)30(43-34)21-26-22-38(27-10-7-6-8-11-27)36-31(26)24-12-18-29(19-13-24)42-23(2)3/h6-8,10-19,21-23H,4-5,9,20H2,1-3H3. The normalized spacial score (nSPS) is 12.0. The van der Waals surface area contributed by atoms with E-state index >= 15 is 0 Å². The Hall–Kier alpha value is -4.76. The molecule has 0 aliphatic rings. The van der Waals surface area contributed by atoms with Gasteiger partial charge in [0.15, 0.2) is 5.82 Å². The second-order valence-corrected chi connectivity index (χ2v) is 11.5. The van der Waals surface area contributed by atoms with Gasteiger partial charge in [0.2, 0.25) is 4.96 Å². The number of thiazole rings is 1. The van der Waals surface area contributed by atoms with E-state index in [0.29, 0.717) is 21.9 Å². The summed E-state index contributed by atoms with van der Waals surface area (Å²) in [5.41, 5.74) is 4.04. The SMILES string of the molecule is CCCCCOc1ccc(-c2nc3sc(=Cc4cn(-c5ccccc5)nc4-c4ccc(OC(C)C)cc4)c(=O)n3n2)cc1. The summed E-state index contributed by atoms with van der Waals surface area (Å²) in [5.74, 6) is 2.12. The van der Waals surface area contributed by atoms with E-state index in [9.17, 15) is 4.79 Å². The molecular formula is C34H33N5O3S. The molecule has 9 heteroatoms. The molecule has 0 aliphatic carbocycles. The number of aromatic nitrogens is 5. The lowest BCUT2D eigenvalue weighted by Crippen LogP contribution is -2.23. The predicted molar refractivity (Wildman–Crippen MR) is 171 cm³/mol. The predicted octanol–water partition coefficient (Wildman–Crippen LogP) is 6.57. The van der Waals surface area contributed by atoms with Crippen LogP contribution in [0.15, 0.2) is 89.9 Å². The van der Waals surface area contributed by atoms with Gasteiger partial charge in [-0.2, -0.15) is 14.6 Å². The van der Waals surface area contributed by atoms with Crippen LogP contribution in [0, 0.1) is 0 Å². The Morgan fingerprint density at radius 2 is 1.60 bits per heavy atom. The van der Waals surface area contributed by atoms with Crippen LogP contribution in [0.5, 0.6) is 11.5 Å². The molecule has 0 N–H and O–H groups in total. The van der Waals surface area contributed by atoms with Crippen LogP contribution < -0.4 is 19.6 Å². The van der Waals surface area contributed by atoms with Crippen molar-refractivity contribution in [3.05, 3.63) is 106 Å². The van der Waals surface area contributed by atoms with E-state index in [1.807, 2.05) is 110 Å². The molecule has 6 aromatic rings. The number of rotatable bonds is 11. The maximum atomic E-state index is 13.5. The fourth-order valence-electron chi connectivity index (χ4n) is 4.73. The second kappa shape index (κ2) is 12.6. The fraction of sp³-hybridized carbons (Fsp3) is 0.235. The van der Waals surface area contributed by atoms with Gasteiger partial charge in [0.05, 0.1) is 22.9 Å². The van der Waals surface area contributed by atoms with Gasteiger partial charge in [-0.15, -0.1) is 5.10 Å². The molecule has 0 spiro atoms. The molecule has 43 heavy (non-hydrogen) atoms. The molecular weight excluding hydrogens is 558 g/mol. The third-order valence-electron chi connectivity index (χ3n) is 6.86. The Morgan fingerprint density at radius 3 is 2.30 bits per heavy atom. The van der Waals surface area contributed by atoms with Gasteiger partial charge >= 0.3 is 0 Å². The Balaban J connectivity index is 1.32. The summed E-state index contributed by atoms with van der Waals surface area (Å²) in [6.45, 7) is 6.88. The number of hydrogen-bond donors (Lipinski definition) is 0. The van der Waals surface area contributed by atoms with Crippen molar-refractivity contribution in [2.45, 2.75) is 46.1 Å². The molecule has 0 saturated carbocycles. The first-order chi connectivity index (χ1) is 21.0. The zero-order chi connectivity index (χ0) is 29.8. The van der Waals surface area contributed by atoms with Gasteiger partial charge in [0, 0.05) is 22.9 Å². The highest BCUT2D eigenvalue weighted by atomic mass is 32.1. The molecule has 0 atom stereocenters. The molecule has 3 aromatic carbocycles. The number of nitrogens with zero attached hydrogens (tertiary/aromatic N) is 5. The molecule has 3 aromatic heterocycles. The Bertz CT molecular complexity index is 1920. The van der Waals surface area contributed by atoms with Crippen LogP contribution >= 0.6 is 11.3 Å². The zero-order valence-electron chi connectivity index (χ0n) is 24.4. The van der Waals surface area contributed by atoms with Gasteiger partial charge in [-0.05, 0) is 87.0 Å². The second-order valence-electron chi connectivity index (χ2n) is 10.5. The van der Waals surface area contributed by atoms with Gasteiger partial charge < -0.3 is 9.47 Å². The number of hydrogen-bond acceptors (Lipinski definition) is 7. The molecule has 0 unspecified atom stereocenters. The lowest BCUT2D eigenvalue weighted by molar-refractivity contribution is 0.242. The van der Waals surface area contributed by atoms with Gasteiger partial charge in [0.25, 0.3) is 5.56 Å². The minimum Gasteiger partial charge on any atom is -0.494 e. The number of ether oxygens (including phenoxy) is 2. The van der Waals surface area contributed by atoms with E-state index in [-0.39, 0.29) is 11.7 Å². The highest BCUT2D eigenvalue weighted by Gasteiger charge is 2.15. The van der Waals surface area contributed by atoms with Crippen LogP contribution in [0.2, 0.25) is 0 Å². The van der Waals surface area contributed by atoms with Crippen LogP contribution in [0.25, 0.3) is 39.4 Å². The van der Waals surface area contributed by atoms with Crippen LogP contribution in [0.3, 0.4) is 0 Å². The summed E-state index contributed by atoms with van der Waals surface area (Å²) in [6, 6.07) is 25.4. The van der Waals surface area contributed by atoms with Crippen LogP contribution in [0.1, 0.15) is 45.6 Å². The quantitative estimate of drug-likeness (QED) is 0.158. The summed E-state index contributed by atoms with van der Waals surface area (Å²) in [5, 5.41) is 9.43. The van der Waals surface area contributed by atoms with Crippen molar-refractivity contribution >= 4 is 22.4 Å². The molecule has 8 nitrogen and oxygen atoms in total. The van der Waals surface area contributed by atoms with Crippen molar-refractivity contribution in [1.82, 2.24) is 24.4 Å². The molecule has 6 rings (SSSR count). The minimum atomic E-state index is -0.214. The van der Waals surface area contributed by atoms with E-state index < -0.39 is 0 Å². The molecule has 0 amide bonds. The van der Waals surface area contributed by atoms with Crippen LogP contribution in [-0.4, -0.2) is 37.1 Å². The van der Waals surface area contributed by atoms with E-state index in [0.717, 1.165) is 58.8 Å². The average molecular weight is 592 g/mol. The first-order valence-electron chi connectivity index (χ1n) is 14.5. The van der Waals surface area contributed by atoms with Crippen molar-refractivity contribution in [3.8, 4) is 39.8 Å². The van der Waals surface area contributed by atoms with Crippen molar-refractivity contribution in [1.29, 1.82) is 0 Å². The Kier molecular flexibility index (Phi) is 8.33. The molecule has 0 fully saturated rings. The minimum absolute atomic E-state index is 0.0862. The molecule has 0 aliphatic heterocycles. The van der Waals surface area contributed by atoms with E-state index in [2.05, 4.69) is 17.0 Å². The summed E-state index contributed by atoms with van der Waals surface area (Å²) in [7, 11) is 0. The molecule has 0 saturated heterocycles. The molecule has 0 radical (unpaired) electrons. The molecule has 3 heterocycles. The van der Waals surface area contributed by atoms with Gasteiger partial charge in [-0.25, -0.2) is 4.68 Å². The van der Waals surface area contributed by atoms with Crippen LogP contribution in [0.4, 0.5) is 0 Å². The summed E-state index contributed by atoms with van der Waals surface area (Å²) < 4.78 is 15.4. The molecule has 0 bridgehead atoms. The average Bonchev–Trinajstić information content (AvgIpc) is 3.71. The zero-order valence-corrected chi connectivity index (χ0v) is 25.3. The van der Waals surface area contributed by atoms with E-state index in [1.165, 1.54) is 15.9 Å². The van der Waals surface area contributed by atoms with Crippen LogP contribution in [-0.2, 0) is 0 Å². The van der Waals surface area contributed by atoms with E-state index in [4.69, 9.17) is 14.6 Å². The van der Waals surface area contributed by atoms with Crippen molar-refractivity contribution in [3.63, 3.8) is 0 Å². The van der Waals surface area contributed by atoms with Gasteiger partial charge in [-0.3, -0.25) is 4.79 Å². The number of para-hydroxylation sites is 1. The lowest BCUT2D eigenvalue weighted by Gasteiger charge is -2.09. The monoisotopic (exact) mass is 591 g/mol. The third kappa shape index (κ3) is 6.36. The largest absolute Gasteiger partial charge is 0.494 e. The number of unbranched alkanes of at least 4 members (excludes halogenated alkanes) is 2. The maximum absolute atomic E-state index is 13.5. The van der Waals surface area contributed by atoms with Gasteiger partial charge in [-0.1, -0.05) is 49.3 Å². The molecule has 218 valence electrons. The summed E-state index contributed by atoms with van der Waals surface area (Å²) in [4.78, 5) is 18.7. The Labute approximate surface area is 253 Å². The first kappa shape index (κ1) is 28.4. The highest BCUT2D eigenvalue weighted by molar-refractivity contribution is 7.15. The topological polar surface area (TPSA) is 83.5 Å². The van der Waals surface area contributed by atoms with Crippen molar-refractivity contribution in [2.24, 2.45) is 0 Å². The third-order valence-corrected chi connectivity index (χ3v) is 7.82. The van der Waals surface area contributed by atoms with E-state index in [1.54, 1.807) is 0 Å². The maximum Gasteiger partial charge on any atom is 0.291 e. The highest BCUT2D eigenvalue weighted by Crippen LogP contribution is 2.27. The summed E-state index contributed by atoms with van der Waals surface area (Å²) >= 11 is 1.31. The number of benzene rings is 3. The fourth-order valence-corrected chi connectivity index (χ4v) is 5.63. The van der Waals surface area contributed by atoms with Gasteiger partial charge in [0.1, 0.15) is 17.2 Å². The van der Waals surface area contributed by atoms with Crippen molar-refractivity contribution < 1.29 is 9.47 Å². The van der Waals surface area contributed by atoms with Crippen molar-refractivity contribution in [2.75, 3.05) is 6.61 Å². The Morgan fingerprint density at radius 1 is 0.884 bits per heavy atom. The lowest BCUT2D eigenvalue weighted by atomic mass is 10.1.